The molecule has 0 radical (unpaired) electrons. The quantitative estimate of drug-likeness (QED) is 0.533. The Kier molecular flexibility index (Phi) is 10.6. The van der Waals surface area contributed by atoms with Crippen molar-refractivity contribution in [1.29, 1.82) is 0 Å². The third-order valence-corrected chi connectivity index (χ3v) is 5.25. The standard InChI is InChI=1S/C21H25BrN2O3.C2H2O4/c1-2-26-19-7-3-17(4-8-19)15-23-11-13-24(14-12-23)21(25)16-27-20-9-5-18(22)6-10-20;3-1(4)2(5)6/h3-10H,2,11-16H2,1H3;(H,3,4)(H,5,6). The van der Waals surface area contributed by atoms with E-state index in [1.807, 2.05) is 48.2 Å². The van der Waals surface area contributed by atoms with Crippen LogP contribution >= 0.6 is 15.9 Å². The minimum atomic E-state index is -1.82. The summed E-state index contributed by atoms with van der Waals surface area (Å²) < 4.78 is 12.1. The highest BCUT2D eigenvalue weighted by Gasteiger charge is 2.21. The van der Waals surface area contributed by atoms with Gasteiger partial charge in [-0.1, -0.05) is 28.1 Å². The van der Waals surface area contributed by atoms with Gasteiger partial charge in [0.05, 0.1) is 6.61 Å². The first-order valence-corrected chi connectivity index (χ1v) is 11.1. The summed E-state index contributed by atoms with van der Waals surface area (Å²) in [5.74, 6) is -1.99. The van der Waals surface area contributed by atoms with Gasteiger partial charge in [0, 0.05) is 37.2 Å². The zero-order valence-electron chi connectivity index (χ0n) is 18.3. The highest BCUT2D eigenvalue weighted by Crippen LogP contribution is 2.17. The summed E-state index contributed by atoms with van der Waals surface area (Å²) in [4.78, 5) is 34.8. The largest absolute Gasteiger partial charge is 0.494 e. The Balaban J connectivity index is 0.000000569. The van der Waals surface area contributed by atoms with Crippen LogP contribution in [0.2, 0.25) is 0 Å². The molecule has 178 valence electrons. The summed E-state index contributed by atoms with van der Waals surface area (Å²) in [5.41, 5.74) is 1.26. The number of hydrogen-bond donors (Lipinski definition) is 2. The van der Waals surface area contributed by atoms with Gasteiger partial charge in [-0.25, -0.2) is 9.59 Å². The summed E-state index contributed by atoms with van der Waals surface area (Å²) >= 11 is 3.39. The Hall–Kier alpha value is -3.11. The van der Waals surface area contributed by atoms with Gasteiger partial charge in [0.2, 0.25) is 0 Å². The summed E-state index contributed by atoms with van der Waals surface area (Å²) in [6, 6.07) is 15.7. The minimum Gasteiger partial charge on any atom is -0.494 e. The van der Waals surface area contributed by atoms with Crippen LogP contribution in [0.15, 0.2) is 53.0 Å². The summed E-state index contributed by atoms with van der Waals surface area (Å²) in [6.07, 6.45) is 0. The van der Waals surface area contributed by atoms with Gasteiger partial charge in [-0.05, 0) is 48.9 Å². The maximum absolute atomic E-state index is 12.4. The molecule has 1 aliphatic rings. The molecule has 0 spiro atoms. The Morgan fingerprint density at radius 1 is 0.848 bits per heavy atom. The zero-order valence-corrected chi connectivity index (χ0v) is 19.9. The molecule has 0 unspecified atom stereocenters. The molecule has 3 rings (SSSR count). The Morgan fingerprint density at radius 2 is 1.36 bits per heavy atom. The second-order valence-corrected chi connectivity index (χ2v) is 8.00. The van der Waals surface area contributed by atoms with Gasteiger partial charge in [-0.3, -0.25) is 9.69 Å². The van der Waals surface area contributed by atoms with E-state index >= 15 is 0 Å². The van der Waals surface area contributed by atoms with Crippen molar-refractivity contribution in [3.63, 3.8) is 0 Å². The van der Waals surface area contributed by atoms with Gasteiger partial charge < -0.3 is 24.6 Å². The van der Waals surface area contributed by atoms with Crippen LogP contribution in [0.5, 0.6) is 11.5 Å². The Morgan fingerprint density at radius 3 is 1.88 bits per heavy atom. The first-order chi connectivity index (χ1) is 15.8. The van der Waals surface area contributed by atoms with E-state index in [-0.39, 0.29) is 12.5 Å². The van der Waals surface area contributed by atoms with E-state index in [1.54, 1.807) is 0 Å². The molecule has 1 fully saturated rings. The smallest absolute Gasteiger partial charge is 0.414 e. The molecule has 9 nitrogen and oxygen atoms in total. The maximum Gasteiger partial charge on any atom is 0.414 e. The van der Waals surface area contributed by atoms with Gasteiger partial charge in [0.1, 0.15) is 11.5 Å². The number of carbonyl (C=O) groups excluding carboxylic acids is 1. The van der Waals surface area contributed by atoms with Crippen molar-refractivity contribution >= 4 is 33.8 Å². The van der Waals surface area contributed by atoms with Gasteiger partial charge in [-0.15, -0.1) is 0 Å². The average Bonchev–Trinajstić information content (AvgIpc) is 2.81. The van der Waals surface area contributed by atoms with Crippen molar-refractivity contribution < 1.29 is 34.1 Å². The molecule has 0 saturated carbocycles. The Labute approximate surface area is 200 Å². The lowest BCUT2D eigenvalue weighted by molar-refractivity contribution is -0.159. The molecule has 0 aliphatic carbocycles. The molecule has 1 saturated heterocycles. The molecule has 2 N–H and O–H groups in total. The number of carboxylic acid groups (broad SMARTS) is 2. The number of halogens is 1. The predicted octanol–water partition coefficient (Wildman–Crippen LogP) is 2.73. The number of carboxylic acids is 2. The second-order valence-electron chi connectivity index (χ2n) is 7.09. The predicted molar refractivity (Wildman–Crippen MR) is 124 cm³/mol. The average molecular weight is 523 g/mol. The number of rotatable bonds is 7. The summed E-state index contributed by atoms with van der Waals surface area (Å²) in [7, 11) is 0. The lowest BCUT2D eigenvalue weighted by Crippen LogP contribution is -2.49. The van der Waals surface area contributed by atoms with Crippen molar-refractivity contribution in [3.05, 3.63) is 58.6 Å². The fourth-order valence-corrected chi connectivity index (χ4v) is 3.30. The molecule has 0 atom stereocenters. The van der Waals surface area contributed by atoms with Crippen LogP contribution in [0.4, 0.5) is 0 Å². The number of ether oxygens (including phenoxy) is 2. The molecule has 0 aromatic heterocycles. The molecular formula is C23H27BrN2O7. The minimum absolute atomic E-state index is 0.0404. The van der Waals surface area contributed by atoms with Crippen molar-refractivity contribution in [2.24, 2.45) is 0 Å². The molecule has 1 heterocycles. The molecule has 2 aromatic carbocycles. The second kappa shape index (κ2) is 13.4. The number of piperazine rings is 1. The molecule has 1 aliphatic heterocycles. The number of benzene rings is 2. The van der Waals surface area contributed by atoms with Crippen LogP contribution in [0, 0.1) is 0 Å². The van der Waals surface area contributed by atoms with Gasteiger partial charge in [0.25, 0.3) is 5.91 Å². The molecule has 1 amide bonds. The molecule has 33 heavy (non-hydrogen) atoms. The SMILES string of the molecule is CCOc1ccc(CN2CCN(C(=O)COc3ccc(Br)cc3)CC2)cc1.O=C(O)C(=O)O. The van der Waals surface area contributed by atoms with Gasteiger partial charge >= 0.3 is 11.9 Å². The fraction of sp³-hybridized carbons (Fsp3) is 0.348. The van der Waals surface area contributed by atoms with E-state index in [9.17, 15) is 4.79 Å². The molecule has 2 aromatic rings. The normalized spacial score (nSPS) is 13.5. The fourth-order valence-electron chi connectivity index (χ4n) is 3.04. The van der Waals surface area contributed by atoms with E-state index in [4.69, 9.17) is 29.3 Å². The van der Waals surface area contributed by atoms with Crippen LogP contribution in [0.3, 0.4) is 0 Å². The monoisotopic (exact) mass is 522 g/mol. The van der Waals surface area contributed by atoms with Crippen molar-refractivity contribution in [2.45, 2.75) is 13.5 Å². The van der Waals surface area contributed by atoms with E-state index in [0.29, 0.717) is 12.4 Å². The highest BCUT2D eigenvalue weighted by atomic mass is 79.9. The van der Waals surface area contributed by atoms with Crippen LogP contribution < -0.4 is 9.47 Å². The molecular weight excluding hydrogens is 496 g/mol. The van der Waals surface area contributed by atoms with Crippen LogP contribution in [0.25, 0.3) is 0 Å². The molecule has 0 bridgehead atoms. The van der Waals surface area contributed by atoms with E-state index in [0.717, 1.165) is 42.9 Å². The van der Waals surface area contributed by atoms with E-state index in [1.165, 1.54) is 5.56 Å². The topological polar surface area (TPSA) is 117 Å². The summed E-state index contributed by atoms with van der Waals surface area (Å²) in [6.45, 7) is 6.86. The van der Waals surface area contributed by atoms with Crippen LogP contribution in [-0.2, 0) is 20.9 Å². The zero-order chi connectivity index (χ0) is 24.2. The summed E-state index contributed by atoms with van der Waals surface area (Å²) in [5, 5.41) is 14.8. The lowest BCUT2D eigenvalue weighted by atomic mass is 10.2. The third kappa shape index (κ3) is 9.50. The maximum atomic E-state index is 12.4. The van der Waals surface area contributed by atoms with Gasteiger partial charge in [-0.2, -0.15) is 0 Å². The number of amides is 1. The van der Waals surface area contributed by atoms with E-state index in [2.05, 4.69) is 33.0 Å². The number of nitrogens with zero attached hydrogens (tertiary/aromatic N) is 2. The highest BCUT2D eigenvalue weighted by molar-refractivity contribution is 9.10. The Bertz CT molecular complexity index is 899. The third-order valence-electron chi connectivity index (χ3n) is 4.72. The van der Waals surface area contributed by atoms with Crippen molar-refractivity contribution in [2.75, 3.05) is 39.4 Å². The van der Waals surface area contributed by atoms with Crippen LogP contribution in [-0.4, -0.2) is 77.3 Å². The number of carbonyl (C=O) groups is 3. The number of aliphatic carboxylic acids is 2. The van der Waals surface area contributed by atoms with Gasteiger partial charge in [0.15, 0.2) is 6.61 Å². The first-order valence-electron chi connectivity index (χ1n) is 10.3. The lowest BCUT2D eigenvalue weighted by Gasteiger charge is -2.34. The first kappa shape index (κ1) is 26.1. The number of hydrogen-bond acceptors (Lipinski definition) is 6. The van der Waals surface area contributed by atoms with Crippen molar-refractivity contribution in [3.8, 4) is 11.5 Å². The van der Waals surface area contributed by atoms with Crippen LogP contribution in [0.1, 0.15) is 12.5 Å². The molecule has 10 heteroatoms. The van der Waals surface area contributed by atoms with E-state index < -0.39 is 11.9 Å². The van der Waals surface area contributed by atoms with Crippen molar-refractivity contribution in [1.82, 2.24) is 9.80 Å².